The van der Waals surface area contributed by atoms with E-state index in [4.69, 9.17) is 5.11 Å². The lowest BCUT2D eigenvalue weighted by molar-refractivity contribution is 0.205. The Morgan fingerprint density at radius 1 is 2.00 bits per heavy atom. The summed E-state index contributed by atoms with van der Waals surface area (Å²) in [6.45, 7) is 3.35. The maximum Gasteiger partial charge on any atom is 0.114 e. The third kappa shape index (κ3) is 1.52. The van der Waals surface area contributed by atoms with E-state index in [0.29, 0.717) is 6.42 Å². The average Bonchev–Trinajstić information content (AvgIpc) is 2.30. The lowest BCUT2D eigenvalue weighted by atomic mass is 9.79. The Balaban J connectivity index is 2.93. The van der Waals surface area contributed by atoms with Crippen LogP contribution in [0.3, 0.4) is 0 Å². The van der Waals surface area contributed by atoms with Crippen molar-refractivity contribution >= 4 is 7.85 Å². The van der Waals surface area contributed by atoms with E-state index in [2.05, 4.69) is 12.3 Å². The SMILES string of the molecule is B[C@@H]1C[C@](C=C=C)(CO)C=C1F. The molecule has 1 nitrogen and oxygen atoms in total. The van der Waals surface area contributed by atoms with E-state index >= 15 is 0 Å². The third-order valence-corrected chi connectivity index (χ3v) is 2.27. The number of rotatable bonds is 2. The maximum absolute atomic E-state index is 13.0. The highest BCUT2D eigenvalue weighted by Gasteiger charge is 2.34. The maximum atomic E-state index is 13.0. The summed E-state index contributed by atoms with van der Waals surface area (Å²) in [7, 11) is 1.81. The van der Waals surface area contributed by atoms with Crippen molar-refractivity contribution in [3.63, 3.8) is 0 Å². The fraction of sp³-hybridized carbons (Fsp3) is 0.444. The Hall–Kier alpha value is -0.785. The molecule has 0 amide bonds. The summed E-state index contributed by atoms with van der Waals surface area (Å²) in [6.07, 6.45) is 3.71. The van der Waals surface area contributed by atoms with Gasteiger partial charge in [-0.25, -0.2) is 4.39 Å². The summed E-state index contributed by atoms with van der Waals surface area (Å²) in [4.78, 5) is 0. The van der Waals surface area contributed by atoms with Crippen molar-refractivity contribution in [1.29, 1.82) is 0 Å². The van der Waals surface area contributed by atoms with Crippen LogP contribution in [-0.4, -0.2) is 19.6 Å². The quantitative estimate of drug-likeness (QED) is 0.479. The molecular formula is C9H12BFO. The van der Waals surface area contributed by atoms with Gasteiger partial charge in [0.15, 0.2) is 0 Å². The Labute approximate surface area is 72.7 Å². The number of hydrogen-bond donors (Lipinski definition) is 1. The minimum atomic E-state index is -0.550. The van der Waals surface area contributed by atoms with Gasteiger partial charge >= 0.3 is 0 Å². The molecule has 12 heavy (non-hydrogen) atoms. The molecule has 2 atom stereocenters. The molecule has 1 aliphatic carbocycles. The Kier molecular flexibility index (Phi) is 2.56. The zero-order valence-corrected chi connectivity index (χ0v) is 7.18. The fourth-order valence-corrected chi connectivity index (χ4v) is 1.60. The lowest BCUT2D eigenvalue weighted by Crippen LogP contribution is -2.17. The normalized spacial score (nSPS) is 34.2. The molecule has 0 heterocycles. The summed E-state index contributed by atoms with van der Waals surface area (Å²) in [6, 6.07) is 0. The van der Waals surface area contributed by atoms with Gasteiger partial charge in [0.25, 0.3) is 0 Å². The van der Waals surface area contributed by atoms with Crippen LogP contribution in [0, 0.1) is 5.41 Å². The van der Waals surface area contributed by atoms with Crippen LogP contribution in [0.1, 0.15) is 6.42 Å². The zero-order valence-electron chi connectivity index (χ0n) is 7.18. The lowest BCUT2D eigenvalue weighted by Gasteiger charge is -2.19. The Morgan fingerprint density at radius 2 is 2.67 bits per heavy atom. The topological polar surface area (TPSA) is 20.2 Å². The number of allylic oxidation sites excluding steroid dienone is 1. The van der Waals surface area contributed by atoms with Gasteiger partial charge in [0.05, 0.1) is 12.4 Å². The van der Waals surface area contributed by atoms with Crippen LogP contribution < -0.4 is 0 Å². The van der Waals surface area contributed by atoms with Crippen LogP contribution in [0.25, 0.3) is 0 Å². The molecular weight excluding hydrogens is 154 g/mol. The van der Waals surface area contributed by atoms with E-state index in [-0.39, 0.29) is 18.3 Å². The van der Waals surface area contributed by atoms with Gasteiger partial charge in [-0.05, 0) is 24.4 Å². The number of aliphatic hydroxyl groups is 1. The van der Waals surface area contributed by atoms with Crippen molar-refractivity contribution < 1.29 is 9.50 Å². The zero-order chi connectivity index (χ0) is 9.19. The van der Waals surface area contributed by atoms with Crippen LogP contribution in [0.5, 0.6) is 0 Å². The van der Waals surface area contributed by atoms with Crippen LogP contribution in [0.4, 0.5) is 4.39 Å². The highest BCUT2D eigenvalue weighted by Crippen LogP contribution is 2.43. The van der Waals surface area contributed by atoms with Crippen LogP contribution in [-0.2, 0) is 0 Å². The standard InChI is InChI=1S/C9H12BFO/c1-2-3-9(6-12)4-7(10)8(11)5-9/h3,5,7,12H,1,4,6,10H2/t7-,9+/m1/s1. The highest BCUT2D eigenvalue weighted by molar-refractivity contribution is 6.13. The molecule has 0 aromatic rings. The van der Waals surface area contributed by atoms with Crippen molar-refractivity contribution in [3.8, 4) is 0 Å². The van der Waals surface area contributed by atoms with Crippen molar-refractivity contribution in [2.75, 3.05) is 6.61 Å². The van der Waals surface area contributed by atoms with Crippen molar-refractivity contribution in [1.82, 2.24) is 0 Å². The first-order valence-corrected chi connectivity index (χ1v) is 3.99. The van der Waals surface area contributed by atoms with Crippen molar-refractivity contribution in [2.45, 2.75) is 12.2 Å². The second-order valence-corrected chi connectivity index (χ2v) is 3.37. The first-order valence-electron chi connectivity index (χ1n) is 3.99. The van der Waals surface area contributed by atoms with Gasteiger partial charge in [0.1, 0.15) is 7.85 Å². The van der Waals surface area contributed by atoms with Gasteiger partial charge in [0, 0.05) is 5.41 Å². The van der Waals surface area contributed by atoms with E-state index in [1.54, 1.807) is 13.9 Å². The molecule has 1 N–H and O–H groups in total. The molecule has 1 rings (SSSR count). The largest absolute Gasteiger partial charge is 0.395 e. The summed E-state index contributed by atoms with van der Waals surface area (Å²) < 4.78 is 13.0. The summed E-state index contributed by atoms with van der Waals surface area (Å²) in [5, 5.41) is 9.07. The molecule has 0 aromatic heterocycles. The molecule has 0 aromatic carbocycles. The molecule has 0 aliphatic heterocycles. The fourth-order valence-electron chi connectivity index (χ4n) is 1.60. The van der Waals surface area contributed by atoms with Gasteiger partial charge in [-0.1, -0.05) is 6.58 Å². The first kappa shape index (κ1) is 9.30. The number of hydrogen-bond acceptors (Lipinski definition) is 1. The summed E-state index contributed by atoms with van der Waals surface area (Å²) in [5.41, 5.74) is 2.05. The van der Waals surface area contributed by atoms with Crippen LogP contribution in [0.2, 0.25) is 5.82 Å². The van der Waals surface area contributed by atoms with Gasteiger partial charge in [-0.2, -0.15) is 0 Å². The summed E-state index contributed by atoms with van der Waals surface area (Å²) in [5.74, 6) is -0.239. The molecule has 3 heteroatoms. The average molecular weight is 166 g/mol. The first-order chi connectivity index (χ1) is 5.63. The van der Waals surface area contributed by atoms with Gasteiger partial charge in [-0.15, -0.1) is 5.73 Å². The van der Waals surface area contributed by atoms with Crippen molar-refractivity contribution in [2.24, 2.45) is 5.41 Å². The Bertz CT molecular complexity index is 255. The molecule has 1 aliphatic rings. The minimum absolute atomic E-state index is 0.0761. The smallest absolute Gasteiger partial charge is 0.114 e. The molecule has 64 valence electrons. The van der Waals surface area contributed by atoms with E-state index in [0.717, 1.165) is 0 Å². The second kappa shape index (κ2) is 3.30. The highest BCUT2D eigenvalue weighted by atomic mass is 19.1. The molecule has 0 saturated heterocycles. The molecule has 0 saturated carbocycles. The molecule has 0 spiro atoms. The number of halogens is 1. The van der Waals surface area contributed by atoms with E-state index in [1.165, 1.54) is 6.08 Å². The predicted octanol–water partition coefficient (Wildman–Crippen LogP) is 0.985. The molecule has 0 fully saturated rings. The predicted molar refractivity (Wildman–Crippen MR) is 49.3 cm³/mol. The van der Waals surface area contributed by atoms with E-state index in [1.807, 2.05) is 0 Å². The van der Waals surface area contributed by atoms with Gasteiger partial charge in [-0.3, -0.25) is 0 Å². The number of aliphatic hydroxyl groups excluding tert-OH is 1. The minimum Gasteiger partial charge on any atom is -0.395 e. The van der Waals surface area contributed by atoms with Gasteiger partial charge < -0.3 is 5.11 Å². The van der Waals surface area contributed by atoms with Crippen molar-refractivity contribution in [3.05, 3.63) is 30.3 Å². The molecule has 0 radical (unpaired) electrons. The van der Waals surface area contributed by atoms with Crippen LogP contribution in [0.15, 0.2) is 30.3 Å². The Morgan fingerprint density at radius 3 is 3.00 bits per heavy atom. The van der Waals surface area contributed by atoms with E-state index in [9.17, 15) is 4.39 Å². The monoisotopic (exact) mass is 166 g/mol. The van der Waals surface area contributed by atoms with E-state index < -0.39 is 5.41 Å². The molecule has 0 bridgehead atoms. The van der Waals surface area contributed by atoms with Crippen LogP contribution >= 0.6 is 0 Å². The summed E-state index contributed by atoms with van der Waals surface area (Å²) >= 11 is 0. The molecule has 0 unspecified atom stereocenters. The van der Waals surface area contributed by atoms with Gasteiger partial charge in [0.2, 0.25) is 0 Å². The third-order valence-electron chi connectivity index (χ3n) is 2.27. The second-order valence-electron chi connectivity index (χ2n) is 3.37.